The molecule has 1 aliphatic rings. The van der Waals surface area contributed by atoms with Gasteiger partial charge >= 0.3 is 5.69 Å². The first-order valence-electron chi connectivity index (χ1n) is 11.4. The van der Waals surface area contributed by atoms with Gasteiger partial charge in [-0.2, -0.15) is 0 Å². The van der Waals surface area contributed by atoms with Crippen LogP contribution in [-0.2, 0) is 12.8 Å². The smallest absolute Gasteiger partial charge is 0.312 e. The van der Waals surface area contributed by atoms with Gasteiger partial charge in [-0.25, -0.2) is 4.99 Å². The van der Waals surface area contributed by atoms with Gasteiger partial charge in [0.2, 0.25) is 5.75 Å². The largest absolute Gasteiger partial charge is 0.501 e. The molecule has 0 saturated carbocycles. The number of carbonyl (C=O) groups excluding carboxylic acids is 1. The summed E-state index contributed by atoms with van der Waals surface area (Å²) in [4.78, 5) is 29.8. The van der Waals surface area contributed by atoms with Gasteiger partial charge in [0.15, 0.2) is 0 Å². The Bertz CT molecular complexity index is 1360. The number of benzene rings is 2. The minimum Gasteiger partial charge on any atom is -0.501 e. The fourth-order valence-electron chi connectivity index (χ4n) is 4.31. The van der Waals surface area contributed by atoms with Gasteiger partial charge in [0.25, 0.3) is 5.91 Å². The molecule has 0 saturated heterocycles. The number of aliphatic imine (C=N–C) groups is 1. The molecule has 2 N–H and O–H groups in total. The van der Waals surface area contributed by atoms with Crippen molar-refractivity contribution >= 4 is 67.4 Å². The third-order valence-electron chi connectivity index (χ3n) is 6.39. The summed E-state index contributed by atoms with van der Waals surface area (Å²) in [5.74, 6) is -0.211. The Morgan fingerprint density at radius 1 is 1.31 bits per heavy atom. The van der Waals surface area contributed by atoms with Crippen molar-refractivity contribution < 1.29 is 14.8 Å². The molecule has 0 spiro atoms. The minimum absolute atomic E-state index is 0.147. The lowest BCUT2D eigenvalue weighted by Crippen LogP contribution is -2.27. The second kappa shape index (κ2) is 10.3. The molecule has 1 aromatic heterocycles. The van der Waals surface area contributed by atoms with Gasteiger partial charge < -0.3 is 10.4 Å². The zero-order valence-electron chi connectivity index (χ0n) is 20.0. The normalized spacial score (nSPS) is 15.6. The number of rotatable bonds is 5. The molecule has 3 aromatic rings. The summed E-state index contributed by atoms with van der Waals surface area (Å²) in [6, 6.07) is 9.70. The fourth-order valence-corrected chi connectivity index (χ4v) is 6.18. The number of hydrogen-bond donors (Lipinski definition) is 2. The molecule has 7 nitrogen and oxygen atoms in total. The highest BCUT2D eigenvalue weighted by Gasteiger charge is 2.33. The molecule has 2 aromatic carbocycles. The van der Waals surface area contributed by atoms with E-state index in [4.69, 9.17) is 11.6 Å². The van der Waals surface area contributed by atoms with Crippen LogP contribution in [0, 0.1) is 21.4 Å². The summed E-state index contributed by atoms with van der Waals surface area (Å²) in [7, 11) is 0. The van der Waals surface area contributed by atoms with Gasteiger partial charge in [0, 0.05) is 33.4 Å². The quantitative estimate of drug-likeness (QED) is 0.179. The second-order valence-electron chi connectivity index (χ2n) is 9.84. The van der Waals surface area contributed by atoms with Crippen LogP contribution >= 0.6 is 38.9 Å². The SMILES string of the molecule is CC(C)(C)[C@H]1CCc2c(sc(N=Cc3cc(Br)c(O)c([N+](=O)[O-])c3)c2C(=O)Nc2ccc(Cl)cc2)C1. The molecule has 0 unspecified atom stereocenters. The highest BCUT2D eigenvalue weighted by atomic mass is 79.9. The van der Waals surface area contributed by atoms with Gasteiger partial charge in [0.05, 0.1) is 15.0 Å². The Kier molecular flexibility index (Phi) is 7.54. The monoisotopic (exact) mass is 589 g/mol. The molecular weight excluding hydrogens is 566 g/mol. The van der Waals surface area contributed by atoms with Crippen molar-refractivity contribution in [1.82, 2.24) is 0 Å². The summed E-state index contributed by atoms with van der Waals surface area (Å²) >= 11 is 10.6. The first kappa shape index (κ1) is 26.3. The number of hydrogen-bond acceptors (Lipinski definition) is 6. The lowest BCUT2D eigenvalue weighted by molar-refractivity contribution is -0.386. The topological polar surface area (TPSA) is 105 Å². The van der Waals surface area contributed by atoms with E-state index in [0.29, 0.717) is 32.8 Å². The Labute approximate surface area is 226 Å². The first-order valence-corrected chi connectivity index (χ1v) is 13.3. The van der Waals surface area contributed by atoms with Crippen molar-refractivity contribution in [3.05, 3.63) is 77.6 Å². The average molecular weight is 591 g/mol. The van der Waals surface area contributed by atoms with Crippen LogP contribution in [0.25, 0.3) is 0 Å². The number of thiophene rings is 1. The molecule has 1 atom stereocenters. The van der Waals surface area contributed by atoms with Crippen LogP contribution in [0.1, 0.15) is 53.6 Å². The maximum atomic E-state index is 13.4. The zero-order chi connectivity index (χ0) is 26.2. The summed E-state index contributed by atoms with van der Waals surface area (Å²) in [5, 5.41) is 25.3. The molecule has 0 bridgehead atoms. The number of fused-ring (bicyclic) bond motifs is 1. The van der Waals surface area contributed by atoms with E-state index in [1.807, 2.05) is 0 Å². The molecule has 1 heterocycles. The maximum Gasteiger partial charge on any atom is 0.312 e. The van der Waals surface area contributed by atoms with Gasteiger partial charge in [-0.3, -0.25) is 14.9 Å². The Hall–Kier alpha value is -2.75. The molecule has 1 aliphatic carbocycles. The second-order valence-corrected chi connectivity index (χ2v) is 12.2. The summed E-state index contributed by atoms with van der Waals surface area (Å²) in [6.07, 6.45) is 4.11. The maximum absolute atomic E-state index is 13.4. The van der Waals surface area contributed by atoms with Crippen molar-refractivity contribution in [2.24, 2.45) is 16.3 Å². The predicted octanol–water partition coefficient (Wildman–Crippen LogP) is 7.93. The van der Waals surface area contributed by atoms with Crippen molar-refractivity contribution in [3.63, 3.8) is 0 Å². The van der Waals surface area contributed by atoms with Crippen molar-refractivity contribution in [3.8, 4) is 5.75 Å². The number of nitrogens with zero attached hydrogens (tertiary/aromatic N) is 2. The van der Waals surface area contributed by atoms with Crippen molar-refractivity contribution in [2.75, 3.05) is 5.32 Å². The van der Waals surface area contributed by atoms with Gasteiger partial charge in [-0.05, 0) is 82.4 Å². The fraction of sp³-hybridized carbons (Fsp3) is 0.308. The Morgan fingerprint density at radius 3 is 2.64 bits per heavy atom. The molecule has 36 heavy (non-hydrogen) atoms. The summed E-state index contributed by atoms with van der Waals surface area (Å²) < 4.78 is 0.192. The number of anilines is 1. The minimum atomic E-state index is -0.654. The molecule has 0 aliphatic heterocycles. The van der Waals surface area contributed by atoms with Gasteiger partial charge in [0.1, 0.15) is 5.00 Å². The van der Waals surface area contributed by atoms with E-state index in [-0.39, 0.29) is 15.8 Å². The summed E-state index contributed by atoms with van der Waals surface area (Å²) in [6.45, 7) is 6.71. The number of phenols is 1. The Morgan fingerprint density at radius 2 is 2.00 bits per heavy atom. The van der Waals surface area contributed by atoms with Crippen LogP contribution in [0.2, 0.25) is 5.02 Å². The number of aromatic hydroxyl groups is 1. The van der Waals surface area contributed by atoms with E-state index >= 15 is 0 Å². The highest BCUT2D eigenvalue weighted by Crippen LogP contribution is 2.45. The van der Waals surface area contributed by atoms with E-state index in [1.165, 1.54) is 23.6 Å². The molecule has 4 rings (SSSR count). The van der Waals surface area contributed by atoms with Crippen molar-refractivity contribution in [1.29, 1.82) is 0 Å². The lowest BCUT2D eigenvalue weighted by Gasteiger charge is -2.33. The van der Waals surface area contributed by atoms with E-state index in [9.17, 15) is 20.0 Å². The van der Waals surface area contributed by atoms with Crippen LogP contribution < -0.4 is 5.32 Å². The van der Waals surface area contributed by atoms with E-state index < -0.39 is 16.4 Å². The van der Waals surface area contributed by atoms with E-state index in [0.717, 1.165) is 29.7 Å². The third kappa shape index (κ3) is 5.63. The lowest BCUT2D eigenvalue weighted by atomic mass is 9.72. The molecule has 1 amide bonds. The number of nitro benzene ring substituents is 1. The number of nitrogens with one attached hydrogen (secondary N) is 1. The third-order valence-corrected chi connectivity index (χ3v) is 8.41. The number of nitro groups is 1. The van der Waals surface area contributed by atoms with Gasteiger partial charge in [-0.15, -0.1) is 11.3 Å². The van der Waals surface area contributed by atoms with Crippen LogP contribution in [0.3, 0.4) is 0 Å². The van der Waals surface area contributed by atoms with Gasteiger partial charge in [-0.1, -0.05) is 32.4 Å². The number of halogens is 2. The molecule has 188 valence electrons. The standard InChI is InChI=1S/C26H25BrClN3O4S/c1-26(2,3)15-4-9-18-21(12-15)36-25(22(18)24(33)30-17-7-5-16(28)6-8-17)29-13-14-10-19(27)23(32)20(11-14)31(34)35/h5-8,10-11,13,15,32H,4,9,12H2,1-3H3,(H,30,33)/t15-/m0/s1. The highest BCUT2D eigenvalue weighted by molar-refractivity contribution is 9.10. The van der Waals surface area contributed by atoms with Crippen LogP contribution in [-0.4, -0.2) is 22.2 Å². The number of amides is 1. The molecule has 10 heteroatoms. The molecular formula is C26H25BrClN3O4S. The number of phenolic OH excluding ortho intramolecular Hbond substituents is 1. The Balaban J connectivity index is 1.74. The van der Waals surface area contributed by atoms with Crippen LogP contribution in [0.15, 0.2) is 45.9 Å². The number of carbonyl (C=O) groups is 1. The summed E-state index contributed by atoms with van der Waals surface area (Å²) in [5.41, 5.74) is 2.31. The average Bonchev–Trinajstić information content (AvgIpc) is 3.18. The predicted molar refractivity (Wildman–Crippen MR) is 148 cm³/mol. The van der Waals surface area contributed by atoms with E-state index in [2.05, 4.69) is 47.0 Å². The van der Waals surface area contributed by atoms with Crippen molar-refractivity contribution in [2.45, 2.75) is 40.0 Å². The van der Waals surface area contributed by atoms with Crippen LogP contribution in [0.4, 0.5) is 16.4 Å². The first-order chi connectivity index (χ1) is 16.9. The zero-order valence-corrected chi connectivity index (χ0v) is 23.1. The van der Waals surface area contributed by atoms with Crippen LogP contribution in [0.5, 0.6) is 5.75 Å². The van der Waals surface area contributed by atoms with E-state index in [1.54, 1.807) is 30.3 Å². The molecule has 0 radical (unpaired) electrons. The molecule has 0 fully saturated rings.